The molecule has 1 unspecified atom stereocenters. The monoisotopic (exact) mass is 375 g/mol. The third-order valence-electron chi connectivity index (χ3n) is 5.44. The van der Waals surface area contributed by atoms with Gasteiger partial charge >= 0.3 is 0 Å². The molecule has 142 valence electrons. The molecular weight excluding hydrogens is 354 g/mol. The van der Waals surface area contributed by atoms with Crippen molar-refractivity contribution >= 4 is 16.8 Å². The molecule has 3 aromatic heterocycles. The number of nitrogens with zero attached hydrogens (tertiary/aromatic N) is 4. The van der Waals surface area contributed by atoms with Crippen LogP contribution in [-0.4, -0.2) is 37.1 Å². The van der Waals surface area contributed by atoms with E-state index in [2.05, 4.69) is 38.9 Å². The summed E-state index contributed by atoms with van der Waals surface area (Å²) >= 11 is 0. The van der Waals surface area contributed by atoms with Crippen molar-refractivity contribution < 1.29 is 9.21 Å². The second kappa shape index (κ2) is 6.67. The maximum Gasteiger partial charge on any atom is 0.264 e. The number of hydrogen-bond acceptors (Lipinski definition) is 4. The number of fused-ring (bicyclic) bond motifs is 2. The lowest BCUT2D eigenvalue weighted by Gasteiger charge is -2.35. The number of nitrogens with one attached hydrogen (secondary N) is 1. The molecule has 7 nitrogen and oxygen atoms in total. The van der Waals surface area contributed by atoms with E-state index in [1.54, 1.807) is 0 Å². The average molecular weight is 375 g/mol. The van der Waals surface area contributed by atoms with Crippen molar-refractivity contribution in [3.63, 3.8) is 0 Å². The summed E-state index contributed by atoms with van der Waals surface area (Å²) in [5.74, 6) is 1.04. The smallest absolute Gasteiger partial charge is 0.264 e. The highest BCUT2D eigenvalue weighted by Gasteiger charge is 2.27. The summed E-state index contributed by atoms with van der Waals surface area (Å²) in [6, 6.07) is 14.2. The van der Waals surface area contributed by atoms with Crippen LogP contribution in [0.4, 0.5) is 0 Å². The van der Waals surface area contributed by atoms with Crippen LogP contribution in [0, 0.1) is 0 Å². The van der Waals surface area contributed by atoms with Crippen molar-refractivity contribution in [1.82, 2.24) is 24.6 Å². The molecule has 0 radical (unpaired) electrons. The Bertz CT molecular complexity index is 1110. The van der Waals surface area contributed by atoms with Gasteiger partial charge in [0.05, 0.1) is 6.04 Å². The third kappa shape index (κ3) is 2.89. The Hall–Kier alpha value is -3.35. The Morgan fingerprint density at radius 1 is 1.21 bits per heavy atom. The molecule has 0 saturated carbocycles. The molecule has 1 aromatic carbocycles. The molecular formula is C21H21N5O2. The number of aromatic nitrogens is 4. The molecule has 1 aliphatic heterocycles. The lowest BCUT2D eigenvalue weighted by atomic mass is 10.1. The quantitative estimate of drug-likeness (QED) is 0.591. The molecule has 0 saturated heterocycles. The zero-order valence-corrected chi connectivity index (χ0v) is 15.6. The highest BCUT2D eigenvalue weighted by atomic mass is 16.4. The van der Waals surface area contributed by atoms with E-state index in [4.69, 9.17) is 4.42 Å². The van der Waals surface area contributed by atoms with Crippen LogP contribution in [0.25, 0.3) is 22.5 Å². The Morgan fingerprint density at radius 3 is 3.00 bits per heavy atom. The fraction of sp³-hybridized carbons (Fsp3) is 0.286. The molecule has 0 spiro atoms. The van der Waals surface area contributed by atoms with Crippen molar-refractivity contribution in [3.05, 3.63) is 60.2 Å². The molecule has 28 heavy (non-hydrogen) atoms. The maximum absolute atomic E-state index is 12.7. The molecule has 0 aliphatic carbocycles. The molecule has 0 bridgehead atoms. The van der Waals surface area contributed by atoms with E-state index < -0.39 is 0 Å². The van der Waals surface area contributed by atoms with Gasteiger partial charge in [-0.05, 0) is 31.2 Å². The molecule has 0 fully saturated rings. The highest BCUT2D eigenvalue weighted by Crippen LogP contribution is 2.27. The minimum Gasteiger partial charge on any atom is -0.419 e. The van der Waals surface area contributed by atoms with Crippen LogP contribution in [0.2, 0.25) is 0 Å². The largest absolute Gasteiger partial charge is 0.419 e. The van der Waals surface area contributed by atoms with Crippen LogP contribution in [0.15, 0.2) is 53.1 Å². The van der Waals surface area contributed by atoms with Crippen molar-refractivity contribution in [2.24, 2.45) is 0 Å². The highest BCUT2D eigenvalue weighted by molar-refractivity contribution is 5.84. The SMILES string of the molecule is CC1c2cccn2CCN1C(=O)CCc1nnc(-c2cc3ccccc3[nH]2)o1. The van der Waals surface area contributed by atoms with E-state index in [0.29, 0.717) is 24.6 Å². The van der Waals surface area contributed by atoms with Crippen LogP contribution < -0.4 is 0 Å². The van der Waals surface area contributed by atoms with E-state index in [1.165, 1.54) is 5.69 Å². The van der Waals surface area contributed by atoms with E-state index >= 15 is 0 Å². The summed E-state index contributed by atoms with van der Waals surface area (Å²) in [6.07, 6.45) is 2.87. The third-order valence-corrected chi connectivity index (χ3v) is 5.44. The number of benzene rings is 1. The van der Waals surface area contributed by atoms with Crippen LogP contribution in [0.5, 0.6) is 0 Å². The maximum atomic E-state index is 12.7. The van der Waals surface area contributed by atoms with Gasteiger partial charge in [0.1, 0.15) is 5.69 Å². The second-order valence-electron chi connectivity index (χ2n) is 7.16. The van der Waals surface area contributed by atoms with Crippen LogP contribution in [-0.2, 0) is 17.8 Å². The first-order chi connectivity index (χ1) is 13.7. The minimum absolute atomic E-state index is 0.0841. The van der Waals surface area contributed by atoms with E-state index in [-0.39, 0.29) is 11.9 Å². The molecule has 7 heteroatoms. The van der Waals surface area contributed by atoms with Crippen LogP contribution >= 0.6 is 0 Å². The summed E-state index contributed by atoms with van der Waals surface area (Å²) in [5, 5.41) is 9.34. The number of hydrogen-bond donors (Lipinski definition) is 1. The van der Waals surface area contributed by atoms with Gasteiger partial charge in [0.25, 0.3) is 5.89 Å². The fourth-order valence-electron chi connectivity index (χ4n) is 3.93. The molecule has 4 aromatic rings. The van der Waals surface area contributed by atoms with Crippen molar-refractivity contribution in [2.75, 3.05) is 6.54 Å². The number of amides is 1. The number of para-hydroxylation sites is 1. The first kappa shape index (κ1) is 16.8. The second-order valence-corrected chi connectivity index (χ2v) is 7.16. The predicted molar refractivity (Wildman–Crippen MR) is 104 cm³/mol. The van der Waals surface area contributed by atoms with Crippen molar-refractivity contribution in [2.45, 2.75) is 32.4 Å². The summed E-state index contributed by atoms with van der Waals surface area (Å²) < 4.78 is 7.99. The Labute approximate surface area is 162 Å². The van der Waals surface area contributed by atoms with Gasteiger partial charge in [0.2, 0.25) is 11.8 Å². The topological polar surface area (TPSA) is 80.0 Å². The molecule has 1 atom stereocenters. The standard InChI is InChI=1S/C21H21N5O2/c1-14-18-7-4-10-25(18)11-12-26(14)20(27)9-8-19-23-24-21(28-19)17-13-15-5-2-3-6-16(15)22-17/h2-7,10,13-14,22H,8-9,11-12H2,1H3. The van der Waals surface area contributed by atoms with Crippen molar-refractivity contribution in [1.29, 1.82) is 0 Å². The molecule has 1 aliphatic rings. The summed E-state index contributed by atoms with van der Waals surface area (Å²) in [5.41, 5.74) is 2.99. The minimum atomic E-state index is 0.0841. The van der Waals surface area contributed by atoms with Gasteiger partial charge in [-0.15, -0.1) is 10.2 Å². The molecule has 4 heterocycles. The average Bonchev–Trinajstić information content (AvgIpc) is 3.44. The van der Waals surface area contributed by atoms with Gasteiger partial charge in [0, 0.05) is 48.7 Å². The number of carbonyl (C=O) groups is 1. The summed E-state index contributed by atoms with van der Waals surface area (Å²) in [4.78, 5) is 17.9. The van der Waals surface area contributed by atoms with E-state index in [9.17, 15) is 4.79 Å². The number of carbonyl (C=O) groups excluding carboxylic acids is 1. The summed E-state index contributed by atoms with van der Waals surface area (Å²) in [6.45, 7) is 3.64. The number of H-pyrrole nitrogens is 1. The van der Waals surface area contributed by atoms with Gasteiger partial charge in [-0.3, -0.25) is 4.79 Å². The van der Waals surface area contributed by atoms with E-state index in [1.807, 2.05) is 41.3 Å². The first-order valence-corrected chi connectivity index (χ1v) is 9.54. The zero-order chi connectivity index (χ0) is 19.1. The Kier molecular flexibility index (Phi) is 4.00. The number of rotatable bonds is 4. The molecule has 1 N–H and O–H groups in total. The fourth-order valence-corrected chi connectivity index (χ4v) is 3.93. The van der Waals surface area contributed by atoms with E-state index in [0.717, 1.165) is 29.7 Å². The predicted octanol–water partition coefficient (Wildman–Crippen LogP) is 3.56. The van der Waals surface area contributed by atoms with Gasteiger partial charge in [-0.1, -0.05) is 18.2 Å². The zero-order valence-electron chi connectivity index (χ0n) is 15.6. The Balaban J connectivity index is 1.26. The van der Waals surface area contributed by atoms with Gasteiger partial charge in [0.15, 0.2) is 0 Å². The molecule has 5 rings (SSSR count). The van der Waals surface area contributed by atoms with Gasteiger partial charge in [-0.2, -0.15) is 0 Å². The Morgan fingerprint density at radius 2 is 2.11 bits per heavy atom. The van der Waals surface area contributed by atoms with Crippen LogP contribution in [0.3, 0.4) is 0 Å². The van der Waals surface area contributed by atoms with Gasteiger partial charge in [-0.25, -0.2) is 0 Å². The van der Waals surface area contributed by atoms with Gasteiger partial charge < -0.3 is 18.9 Å². The van der Waals surface area contributed by atoms with Crippen LogP contribution in [0.1, 0.15) is 31.0 Å². The van der Waals surface area contributed by atoms with Crippen molar-refractivity contribution in [3.8, 4) is 11.6 Å². The molecule has 1 amide bonds. The number of aryl methyl sites for hydroxylation is 1. The number of aromatic amines is 1. The lowest BCUT2D eigenvalue weighted by molar-refractivity contribution is -0.134. The first-order valence-electron chi connectivity index (χ1n) is 9.54. The lowest BCUT2D eigenvalue weighted by Crippen LogP contribution is -2.40. The summed E-state index contributed by atoms with van der Waals surface area (Å²) in [7, 11) is 0. The normalized spacial score (nSPS) is 16.5.